The predicted octanol–water partition coefficient (Wildman–Crippen LogP) is 1.20. The molecule has 0 fully saturated rings. The van der Waals surface area contributed by atoms with Crippen LogP contribution in [0.25, 0.3) is 0 Å². The van der Waals surface area contributed by atoms with Crippen LogP contribution in [0.5, 0.6) is 0 Å². The zero-order chi connectivity index (χ0) is 11.5. The van der Waals surface area contributed by atoms with Gasteiger partial charge >= 0.3 is 0 Å². The van der Waals surface area contributed by atoms with Crippen molar-refractivity contribution in [2.75, 3.05) is 33.4 Å². The van der Waals surface area contributed by atoms with Crippen LogP contribution in [0, 0.1) is 5.92 Å². The van der Waals surface area contributed by atoms with Gasteiger partial charge in [-0.1, -0.05) is 13.8 Å². The minimum atomic E-state index is 0. The SMILES string of the molecule is CNCCC(=O)NCCCOCC(C)C.Cl. The molecule has 0 saturated carbocycles. The Kier molecular flexibility index (Phi) is 14.4. The Labute approximate surface area is 105 Å². The molecular formula is C11H25ClN2O2. The monoisotopic (exact) mass is 252 g/mol. The number of nitrogens with one attached hydrogen (secondary N) is 2. The molecule has 0 aliphatic rings. The van der Waals surface area contributed by atoms with Gasteiger partial charge in [0.05, 0.1) is 0 Å². The van der Waals surface area contributed by atoms with E-state index in [1.165, 1.54) is 0 Å². The van der Waals surface area contributed by atoms with Crippen molar-refractivity contribution in [2.24, 2.45) is 5.92 Å². The lowest BCUT2D eigenvalue weighted by atomic mass is 10.2. The Morgan fingerprint density at radius 3 is 2.56 bits per heavy atom. The fourth-order valence-corrected chi connectivity index (χ4v) is 1.05. The number of hydrogen-bond donors (Lipinski definition) is 2. The number of rotatable bonds is 9. The van der Waals surface area contributed by atoms with Gasteiger partial charge in [0.25, 0.3) is 0 Å². The molecule has 0 atom stereocenters. The summed E-state index contributed by atoms with van der Waals surface area (Å²) >= 11 is 0. The molecule has 1 amide bonds. The summed E-state index contributed by atoms with van der Waals surface area (Å²) in [7, 11) is 1.84. The van der Waals surface area contributed by atoms with Crippen LogP contribution in [0.3, 0.4) is 0 Å². The standard InChI is InChI=1S/C11H24N2O2.ClH/c1-10(2)9-15-8-4-6-13-11(14)5-7-12-3;/h10,12H,4-9H2,1-3H3,(H,13,14);1H. The van der Waals surface area contributed by atoms with E-state index in [0.29, 0.717) is 18.9 Å². The minimum absolute atomic E-state index is 0. The molecule has 0 bridgehead atoms. The van der Waals surface area contributed by atoms with E-state index in [1.807, 2.05) is 7.05 Å². The average molecular weight is 253 g/mol. The predicted molar refractivity (Wildman–Crippen MR) is 69.1 cm³/mol. The number of ether oxygens (including phenoxy) is 1. The van der Waals surface area contributed by atoms with Crippen LogP contribution in [-0.4, -0.2) is 39.3 Å². The molecule has 98 valence electrons. The third kappa shape index (κ3) is 13.7. The Morgan fingerprint density at radius 1 is 1.31 bits per heavy atom. The summed E-state index contributed by atoms with van der Waals surface area (Å²) < 4.78 is 5.39. The van der Waals surface area contributed by atoms with Crippen molar-refractivity contribution in [1.29, 1.82) is 0 Å². The topological polar surface area (TPSA) is 50.4 Å². The number of carbonyl (C=O) groups excluding carboxylic acids is 1. The molecule has 0 heterocycles. The van der Waals surface area contributed by atoms with E-state index in [2.05, 4.69) is 24.5 Å². The second kappa shape index (κ2) is 12.7. The lowest BCUT2D eigenvalue weighted by molar-refractivity contribution is -0.121. The van der Waals surface area contributed by atoms with Gasteiger partial charge in [0, 0.05) is 32.7 Å². The molecule has 0 aliphatic carbocycles. The van der Waals surface area contributed by atoms with Crippen LogP contribution >= 0.6 is 12.4 Å². The number of hydrogen-bond acceptors (Lipinski definition) is 3. The number of carbonyl (C=O) groups is 1. The fraction of sp³-hybridized carbons (Fsp3) is 0.909. The van der Waals surface area contributed by atoms with Crippen molar-refractivity contribution in [2.45, 2.75) is 26.7 Å². The molecule has 0 unspecified atom stereocenters. The van der Waals surface area contributed by atoms with Gasteiger partial charge in [-0.25, -0.2) is 0 Å². The van der Waals surface area contributed by atoms with Crippen molar-refractivity contribution >= 4 is 18.3 Å². The Bertz CT molecular complexity index is 166. The molecule has 0 spiro atoms. The molecular weight excluding hydrogens is 228 g/mol. The van der Waals surface area contributed by atoms with E-state index in [1.54, 1.807) is 0 Å². The maximum Gasteiger partial charge on any atom is 0.221 e. The summed E-state index contributed by atoms with van der Waals surface area (Å²) in [6.07, 6.45) is 1.43. The molecule has 2 N–H and O–H groups in total. The highest BCUT2D eigenvalue weighted by molar-refractivity contribution is 5.85. The van der Waals surface area contributed by atoms with Crippen molar-refractivity contribution in [3.63, 3.8) is 0 Å². The molecule has 0 aromatic rings. The van der Waals surface area contributed by atoms with E-state index in [-0.39, 0.29) is 18.3 Å². The van der Waals surface area contributed by atoms with Gasteiger partial charge in [-0.15, -0.1) is 12.4 Å². The van der Waals surface area contributed by atoms with E-state index >= 15 is 0 Å². The van der Waals surface area contributed by atoms with Gasteiger partial charge in [0.1, 0.15) is 0 Å². The third-order valence-corrected chi connectivity index (χ3v) is 1.84. The van der Waals surface area contributed by atoms with Crippen molar-refractivity contribution < 1.29 is 9.53 Å². The van der Waals surface area contributed by atoms with Crippen LogP contribution in [0.1, 0.15) is 26.7 Å². The maximum absolute atomic E-state index is 11.2. The van der Waals surface area contributed by atoms with Crippen LogP contribution in [0.4, 0.5) is 0 Å². The summed E-state index contributed by atoms with van der Waals surface area (Å²) in [6, 6.07) is 0. The van der Waals surface area contributed by atoms with Gasteiger partial charge < -0.3 is 15.4 Å². The smallest absolute Gasteiger partial charge is 0.221 e. The second-order valence-electron chi connectivity index (χ2n) is 4.03. The lowest BCUT2D eigenvalue weighted by Crippen LogP contribution is -2.28. The normalized spacial score (nSPS) is 10.0. The first kappa shape index (κ1) is 18.1. The quantitative estimate of drug-likeness (QED) is 0.607. The first-order valence-corrected chi connectivity index (χ1v) is 5.66. The fourth-order valence-electron chi connectivity index (χ4n) is 1.05. The van der Waals surface area contributed by atoms with Gasteiger partial charge in [-0.05, 0) is 19.4 Å². The highest BCUT2D eigenvalue weighted by atomic mass is 35.5. The Morgan fingerprint density at radius 2 is 2.00 bits per heavy atom. The molecule has 0 aromatic heterocycles. The first-order valence-electron chi connectivity index (χ1n) is 5.66. The minimum Gasteiger partial charge on any atom is -0.381 e. The van der Waals surface area contributed by atoms with Crippen LogP contribution in [0.2, 0.25) is 0 Å². The second-order valence-corrected chi connectivity index (χ2v) is 4.03. The molecule has 0 rings (SSSR count). The van der Waals surface area contributed by atoms with Gasteiger partial charge in [0.15, 0.2) is 0 Å². The third-order valence-electron chi connectivity index (χ3n) is 1.84. The van der Waals surface area contributed by atoms with Gasteiger partial charge in [-0.3, -0.25) is 4.79 Å². The van der Waals surface area contributed by atoms with Crippen LogP contribution < -0.4 is 10.6 Å². The summed E-state index contributed by atoms with van der Waals surface area (Å²) in [5, 5.41) is 5.78. The Balaban J connectivity index is 0. The van der Waals surface area contributed by atoms with Crippen molar-refractivity contribution in [1.82, 2.24) is 10.6 Å². The number of amides is 1. The van der Waals surface area contributed by atoms with Crippen molar-refractivity contribution in [3.8, 4) is 0 Å². The molecule has 4 nitrogen and oxygen atoms in total. The zero-order valence-corrected chi connectivity index (χ0v) is 11.4. The van der Waals surface area contributed by atoms with Gasteiger partial charge in [-0.2, -0.15) is 0 Å². The summed E-state index contributed by atoms with van der Waals surface area (Å²) in [6.45, 7) is 7.22. The molecule has 0 aliphatic heterocycles. The molecule has 0 radical (unpaired) electrons. The molecule has 16 heavy (non-hydrogen) atoms. The lowest BCUT2D eigenvalue weighted by Gasteiger charge is -2.07. The Hall–Kier alpha value is -0.320. The summed E-state index contributed by atoms with van der Waals surface area (Å²) in [5.41, 5.74) is 0. The van der Waals surface area contributed by atoms with Crippen LogP contribution in [-0.2, 0) is 9.53 Å². The largest absolute Gasteiger partial charge is 0.381 e. The van der Waals surface area contributed by atoms with E-state index in [0.717, 1.165) is 26.2 Å². The molecule has 5 heteroatoms. The summed E-state index contributed by atoms with van der Waals surface area (Å²) in [5.74, 6) is 0.684. The van der Waals surface area contributed by atoms with Crippen molar-refractivity contribution in [3.05, 3.63) is 0 Å². The van der Waals surface area contributed by atoms with E-state index in [4.69, 9.17) is 4.74 Å². The van der Waals surface area contributed by atoms with E-state index in [9.17, 15) is 4.79 Å². The summed E-state index contributed by atoms with van der Waals surface area (Å²) in [4.78, 5) is 11.2. The van der Waals surface area contributed by atoms with Gasteiger partial charge in [0.2, 0.25) is 5.91 Å². The average Bonchev–Trinajstić information content (AvgIpc) is 2.19. The number of halogens is 1. The van der Waals surface area contributed by atoms with Crippen LogP contribution in [0.15, 0.2) is 0 Å². The molecule has 0 saturated heterocycles. The first-order chi connectivity index (χ1) is 7.16. The maximum atomic E-state index is 11.2. The highest BCUT2D eigenvalue weighted by Crippen LogP contribution is 1.92. The highest BCUT2D eigenvalue weighted by Gasteiger charge is 1.98. The zero-order valence-electron chi connectivity index (χ0n) is 10.5. The van der Waals surface area contributed by atoms with E-state index < -0.39 is 0 Å². The molecule has 0 aromatic carbocycles.